The van der Waals surface area contributed by atoms with Crippen molar-refractivity contribution < 1.29 is 14.7 Å². The summed E-state index contributed by atoms with van der Waals surface area (Å²) in [6.45, 7) is 4.02. The van der Waals surface area contributed by atoms with Crippen molar-refractivity contribution >= 4 is 11.9 Å². The van der Waals surface area contributed by atoms with Crippen molar-refractivity contribution in [1.29, 1.82) is 0 Å². The third-order valence-corrected chi connectivity index (χ3v) is 2.46. The molecule has 0 saturated carbocycles. The van der Waals surface area contributed by atoms with E-state index in [1.54, 1.807) is 0 Å². The van der Waals surface area contributed by atoms with Gasteiger partial charge in [-0.25, -0.2) is 0 Å². The van der Waals surface area contributed by atoms with Gasteiger partial charge in [0.2, 0.25) is 0 Å². The van der Waals surface area contributed by atoms with Crippen LogP contribution in [0.2, 0.25) is 0 Å². The molecule has 0 aliphatic rings. The number of nitrogens with zero attached hydrogens (tertiary/aromatic N) is 2. The van der Waals surface area contributed by atoms with Gasteiger partial charge in [0.15, 0.2) is 0 Å². The maximum atomic E-state index is 11.7. The Balaban J connectivity index is 2.52. The van der Waals surface area contributed by atoms with Crippen molar-refractivity contribution in [2.75, 3.05) is 6.54 Å². The Labute approximate surface area is 105 Å². The molecule has 0 spiro atoms. The van der Waals surface area contributed by atoms with Crippen LogP contribution in [0, 0.1) is 11.8 Å². The number of rotatable bonds is 6. The largest absolute Gasteiger partial charge is 0.481 e. The second kappa shape index (κ2) is 6.68. The van der Waals surface area contributed by atoms with Crippen LogP contribution in [0.4, 0.5) is 0 Å². The van der Waals surface area contributed by atoms with Crippen LogP contribution in [0.3, 0.4) is 0 Å². The number of amides is 1. The van der Waals surface area contributed by atoms with Crippen molar-refractivity contribution in [3.63, 3.8) is 0 Å². The van der Waals surface area contributed by atoms with Crippen LogP contribution in [-0.4, -0.2) is 33.7 Å². The van der Waals surface area contributed by atoms with E-state index in [4.69, 9.17) is 5.11 Å². The zero-order valence-electron chi connectivity index (χ0n) is 10.5. The van der Waals surface area contributed by atoms with Crippen LogP contribution < -0.4 is 5.32 Å². The summed E-state index contributed by atoms with van der Waals surface area (Å²) >= 11 is 0. The molecule has 0 radical (unpaired) electrons. The van der Waals surface area contributed by atoms with E-state index in [0.29, 0.717) is 12.0 Å². The number of carboxylic acids is 1. The summed E-state index contributed by atoms with van der Waals surface area (Å²) < 4.78 is 0. The third kappa shape index (κ3) is 4.48. The van der Waals surface area contributed by atoms with Crippen molar-refractivity contribution in [1.82, 2.24) is 15.5 Å². The van der Waals surface area contributed by atoms with Crippen LogP contribution in [0.25, 0.3) is 0 Å². The van der Waals surface area contributed by atoms with E-state index in [2.05, 4.69) is 15.5 Å². The summed E-state index contributed by atoms with van der Waals surface area (Å²) in [5.41, 5.74) is 0.374. The normalized spacial score (nSPS) is 12.2. The molecule has 1 atom stereocenters. The van der Waals surface area contributed by atoms with Gasteiger partial charge < -0.3 is 10.4 Å². The molecule has 0 bridgehead atoms. The Morgan fingerprint density at radius 3 is 2.61 bits per heavy atom. The number of aromatic nitrogens is 2. The van der Waals surface area contributed by atoms with Crippen molar-refractivity contribution in [3.05, 3.63) is 24.0 Å². The Bertz CT molecular complexity index is 406. The Morgan fingerprint density at radius 2 is 2.11 bits per heavy atom. The first-order valence-corrected chi connectivity index (χ1v) is 5.78. The summed E-state index contributed by atoms with van der Waals surface area (Å²) in [5, 5.41) is 18.8. The number of aliphatic carboxylic acids is 1. The lowest BCUT2D eigenvalue weighted by Gasteiger charge is -2.15. The molecule has 0 fully saturated rings. The van der Waals surface area contributed by atoms with Gasteiger partial charge in [0.05, 0.1) is 23.9 Å². The molecule has 2 N–H and O–H groups in total. The van der Waals surface area contributed by atoms with Crippen molar-refractivity contribution in [2.45, 2.75) is 20.3 Å². The first kappa shape index (κ1) is 14.1. The molecule has 1 aromatic heterocycles. The minimum atomic E-state index is -0.892. The lowest BCUT2D eigenvalue weighted by molar-refractivity contribution is -0.142. The molecule has 18 heavy (non-hydrogen) atoms. The lowest BCUT2D eigenvalue weighted by Crippen LogP contribution is -2.33. The van der Waals surface area contributed by atoms with Crippen LogP contribution in [0.15, 0.2) is 18.5 Å². The third-order valence-electron chi connectivity index (χ3n) is 2.46. The maximum absolute atomic E-state index is 11.7. The van der Waals surface area contributed by atoms with Gasteiger partial charge in [0, 0.05) is 6.54 Å². The van der Waals surface area contributed by atoms with Gasteiger partial charge in [-0.15, -0.1) is 0 Å². The van der Waals surface area contributed by atoms with Gasteiger partial charge in [-0.05, 0) is 18.4 Å². The first-order chi connectivity index (χ1) is 8.50. The number of hydrogen-bond donors (Lipinski definition) is 2. The number of hydrogen-bond acceptors (Lipinski definition) is 4. The van der Waals surface area contributed by atoms with Crippen LogP contribution in [0.1, 0.15) is 30.6 Å². The highest BCUT2D eigenvalue weighted by molar-refractivity contribution is 5.93. The zero-order valence-corrected chi connectivity index (χ0v) is 10.5. The average Bonchev–Trinajstić information content (AvgIpc) is 2.34. The molecular formula is C12H17N3O3. The van der Waals surface area contributed by atoms with Gasteiger partial charge >= 0.3 is 5.97 Å². The van der Waals surface area contributed by atoms with Gasteiger partial charge in [0.25, 0.3) is 5.91 Å². The van der Waals surface area contributed by atoms with Crippen LogP contribution >= 0.6 is 0 Å². The number of nitrogens with one attached hydrogen (secondary N) is 1. The summed E-state index contributed by atoms with van der Waals surface area (Å²) in [6.07, 6.45) is 3.29. The SMILES string of the molecule is CC(C)CC(CNC(=O)c1ccnnc1)C(=O)O. The van der Waals surface area contributed by atoms with E-state index in [9.17, 15) is 9.59 Å². The molecule has 0 aliphatic heterocycles. The van der Waals surface area contributed by atoms with E-state index in [0.717, 1.165) is 0 Å². The van der Waals surface area contributed by atoms with E-state index in [1.807, 2.05) is 13.8 Å². The smallest absolute Gasteiger partial charge is 0.308 e. The highest BCUT2D eigenvalue weighted by atomic mass is 16.4. The second-order valence-corrected chi connectivity index (χ2v) is 4.51. The molecule has 0 aromatic carbocycles. The molecule has 1 aromatic rings. The maximum Gasteiger partial charge on any atom is 0.308 e. The second-order valence-electron chi connectivity index (χ2n) is 4.51. The molecule has 1 amide bonds. The van der Waals surface area contributed by atoms with E-state index in [1.165, 1.54) is 18.5 Å². The highest BCUT2D eigenvalue weighted by Crippen LogP contribution is 2.11. The monoisotopic (exact) mass is 251 g/mol. The lowest BCUT2D eigenvalue weighted by atomic mass is 9.97. The molecule has 6 nitrogen and oxygen atoms in total. The Kier molecular flexibility index (Phi) is 5.23. The molecule has 0 aliphatic carbocycles. The summed E-state index contributed by atoms with van der Waals surface area (Å²) in [4.78, 5) is 22.7. The van der Waals surface area contributed by atoms with E-state index >= 15 is 0 Å². The summed E-state index contributed by atoms with van der Waals surface area (Å²) in [7, 11) is 0. The van der Waals surface area contributed by atoms with Crippen molar-refractivity contribution in [3.8, 4) is 0 Å². The minimum absolute atomic E-state index is 0.120. The Morgan fingerprint density at radius 1 is 1.39 bits per heavy atom. The van der Waals surface area contributed by atoms with Gasteiger partial charge in [-0.1, -0.05) is 13.8 Å². The number of carbonyl (C=O) groups is 2. The fraction of sp³-hybridized carbons (Fsp3) is 0.500. The quantitative estimate of drug-likeness (QED) is 0.785. The van der Waals surface area contributed by atoms with Gasteiger partial charge in [-0.2, -0.15) is 10.2 Å². The van der Waals surface area contributed by atoms with Crippen molar-refractivity contribution in [2.24, 2.45) is 11.8 Å². The molecule has 98 valence electrons. The van der Waals surface area contributed by atoms with Crippen LogP contribution in [-0.2, 0) is 4.79 Å². The molecule has 1 rings (SSSR count). The molecule has 0 saturated heterocycles. The summed E-state index contributed by atoms with van der Waals surface area (Å²) in [6, 6.07) is 1.53. The fourth-order valence-electron chi connectivity index (χ4n) is 1.58. The van der Waals surface area contributed by atoms with E-state index < -0.39 is 11.9 Å². The molecule has 6 heteroatoms. The molecule has 1 unspecified atom stereocenters. The average molecular weight is 251 g/mol. The molecule has 1 heterocycles. The predicted molar refractivity (Wildman–Crippen MR) is 64.9 cm³/mol. The fourth-order valence-corrected chi connectivity index (χ4v) is 1.58. The number of carbonyl (C=O) groups excluding carboxylic acids is 1. The van der Waals surface area contributed by atoms with Gasteiger partial charge in [-0.3, -0.25) is 9.59 Å². The van der Waals surface area contributed by atoms with E-state index in [-0.39, 0.29) is 18.4 Å². The Hall–Kier alpha value is -1.98. The predicted octanol–water partition coefficient (Wildman–Crippen LogP) is 0.953. The topological polar surface area (TPSA) is 92.2 Å². The zero-order chi connectivity index (χ0) is 13.5. The highest BCUT2D eigenvalue weighted by Gasteiger charge is 2.19. The van der Waals surface area contributed by atoms with Gasteiger partial charge in [0.1, 0.15) is 0 Å². The summed E-state index contributed by atoms with van der Waals surface area (Å²) in [5.74, 6) is -1.52. The molecular weight excluding hydrogens is 234 g/mol. The number of carboxylic acid groups (broad SMARTS) is 1. The standard InChI is InChI=1S/C12H17N3O3/c1-8(2)5-10(12(17)18)6-13-11(16)9-3-4-14-15-7-9/h3-4,7-8,10H,5-6H2,1-2H3,(H,13,16)(H,17,18). The minimum Gasteiger partial charge on any atom is -0.481 e. The van der Waals surface area contributed by atoms with Crippen LogP contribution in [0.5, 0.6) is 0 Å². The first-order valence-electron chi connectivity index (χ1n) is 5.78.